The van der Waals surface area contributed by atoms with Gasteiger partial charge in [0.2, 0.25) is 5.91 Å². The molecule has 0 spiro atoms. The Morgan fingerprint density at radius 2 is 1.59 bits per heavy atom. The Morgan fingerprint density at radius 1 is 0.922 bits per heavy atom. The largest absolute Gasteiger partial charge is 0.490 e. The number of piperidine rings is 1. The van der Waals surface area contributed by atoms with E-state index in [4.69, 9.17) is 25.4 Å². The fourth-order valence-electron chi connectivity index (χ4n) is 5.49. The molecule has 0 aliphatic carbocycles. The minimum Gasteiger partial charge on any atom is -0.490 e. The average molecular weight is 709 g/mol. The third-order valence-electron chi connectivity index (χ3n) is 8.06. The Hall–Kier alpha value is -5.66. The third-order valence-corrected chi connectivity index (χ3v) is 8.06. The van der Waals surface area contributed by atoms with E-state index in [1.165, 1.54) is 25.1 Å². The first-order valence-corrected chi connectivity index (χ1v) is 16.3. The molecule has 51 heavy (non-hydrogen) atoms. The monoisotopic (exact) mass is 708 g/mol. The summed E-state index contributed by atoms with van der Waals surface area (Å²) in [6, 6.07) is 13.7. The molecule has 3 N–H and O–H groups in total. The number of amidine groups is 1. The molecule has 1 aliphatic heterocycles. The van der Waals surface area contributed by atoms with Crippen molar-refractivity contribution >= 4 is 41.4 Å². The van der Waals surface area contributed by atoms with Gasteiger partial charge in [0, 0.05) is 56.2 Å². The zero-order valence-electron chi connectivity index (χ0n) is 28.4. The number of anilines is 1. The molecule has 0 bridgehead atoms. The minimum absolute atomic E-state index is 0.0223. The van der Waals surface area contributed by atoms with E-state index in [1.807, 2.05) is 0 Å². The SMILES string of the molecule is CCOC(=O)c1ccc(C(=O)N(CC=Cc2cccc(C(=N)N)c2)c2ccc(OC3CCN(C(C)=O)CC3)c(C(F)(F)F)c2)cc1C(=O)OCC. The lowest BCUT2D eigenvalue weighted by atomic mass is 10.0. The van der Waals surface area contributed by atoms with Gasteiger partial charge in [0.1, 0.15) is 17.7 Å². The summed E-state index contributed by atoms with van der Waals surface area (Å²) in [6.07, 6.45) is -1.54. The number of benzene rings is 3. The fraction of sp³-hybridized carbons (Fsp3) is 0.324. The van der Waals surface area contributed by atoms with Crippen LogP contribution in [-0.4, -0.2) is 73.4 Å². The van der Waals surface area contributed by atoms with Gasteiger partial charge in [-0.2, -0.15) is 13.2 Å². The summed E-state index contributed by atoms with van der Waals surface area (Å²) in [5.41, 5.74) is 4.96. The summed E-state index contributed by atoms with van der Waals surface area (Å²) < 4.78 is 59.6. The van der Waals surface area contributed by atoms with E-state index in [1.54, 1.807) is 55.2 Å². The van der Waals surface area contributed by atoms with Crippen LogP contribution in [0.1, 0.15) is 81.4 Å². The lowest BCUT2D eigenvalue weighted by Crippen LogP contribution is -2.40. The Labute approximate surface area is 293 Å². The molecule has 1 aliphatic rings. The van der Waals surface area contributed by atoms with E-state index >= 15 is 0 Å². The number of carbonyl (C=O) groups is 4. The van der Waals surface area contributed by atoms with E-state index in [9.17, 15) is 32.3 Å². The van der Waals surface area contributed by atoms with Gasteiger partial charge in [-0.25, -0.2) is 9.59 Å². The molecule has 0 saturated carbocycles. The van der Waals surface area contributed by atoms with Crippen molar-refractivity contribution in [2.45, 2.75) is 45.9 Å². The Balaban J connectivity index is 1.75. The van der Waals surface area contributed by atoms with E-state index in [2.05, 4.69) is 0 Å². The summed E-state index contributed by atoms with van der Waals surface area (Å²) in [4.78, 5) is 54.0. The molecule has 1 fully saturated rings. The van der Waals surface area contributed by atoms with Gasteiger partial charge in [-0.3, -0.25) is 15.0 Å². The Kier molecular flexibility index (Phi) is 12.6. The van der Waals surface area contributed by atoms with E-state index < -0.39 is 41.4 Å². The van der Waals surface area contributed by atoms with Gasteiger partial charge in [-0.1, -0.05) is 30.4 Å². The molecule has 14 heteroatoms. The zero-order valence-corrected chi connectivity index (χ0v) is 28.4. The molecule has 1 heterocycles. The topological polar surface area (TPSA) is 152 Å². The number of ether oxygens (including phenoxy) is 3. The highest BCUT2D eigenvalue weighted by Gasteiger charge is 2.37. The standard InChI is InChI=1S/C37H39F3N4O7/c1-4-49-35(47)29-13-11-26(21-30(29)36(48)50-5-2)34(46)44(17-7-9-24-8-6-10-25(20-24)33(41)42)27-12-14-32(31(22-27)37(38,39)40)51-28-15-18-43(19-16-28)23(3)45/h6-14,20-22,28H,4-5,15-19H2,1-3H3,(H3,41,42). The number of nitrogens with two attached hydrogens (primary N) is 1. The van der Waals surface area contributed by atoms with Crippen molar-refractivity contribution < 1.29 is 46.6 Å². The molecule has 3 aromatic carbocycles. The molecular formula is C37H39F3N4O7. The number of amides is 2. The van der Waals surface area contributed by atoms with Crippen molar-refractivity contribution in [2.24, 2.45) is 5.73 Å². The number of hydrogen-bond donors (Lipinski definition) is 2. The maximum atomic E-state index is 14.5. The highest BCUT2D eigenvalue weighted by atomic mass is 19.4. The second-order valence-electron chi connectivity index (χ2n) is 11.6. The van der Waals surface area contributed by atoms with Crippen molar-refractivity contribution in [1.82, 2.24) is 4.90 Å². The van der Waals surface area contributed by atoms with Crippen molar-refractivity contribution in [3.05, 3.63) is 100 Å². The van der Waals surface area contributed by atoms with Gasteiger partial charge in [0.05, 0.1) is 29.9 Å². The highest BCUT2D eigenvalue weighted by Crippen LogP contribution is 2.40. The minimum atomic E-state index is -4.86. The van der Waals surface area contributed by atoms with Gasteiger partial charge in [0.15, 0.2) is 0 Å². The van der Waals surface area contributed by atoms with Gasteiger partial charge < -0.3 is 29.7 Å². The smallest absolute Gasteiger partial charge is 0.420 e. The van der Waals surface area contributed by atoms with Gasteiger partial charge in [-0.15, -0.1) is 0 Å². The molecule has 2 amide bonds. The summed E-state index contributed by atoms with van der Waals surface area (Å²) >= 11 is 0. The first kappa shape index (κ1) is 38.1. The molecule has 0 unspecified atom stereocenters. The van der Waals surface area contributed by atoms with Crippen LogP contribution in [0.25, 0.3) is 6.08 Å². The number of nitrogens with zero attached hydrogens (tertiary/aromatic N) is 2. The van der Waals surface area contributed by atoms with Crippen LogP contribution >= 0.6 is 0 Å². The number of hydrogen-bond acceptors (Lipinski definition) is 8. The predicted octanol–water partition coefficient (Wildman–Crippen LogP) is 6.09. The molecule has 0 radical (unpaired) electrons. The van der Waals surface area contributed by atoms with E-state index in [-0.39, 0.29) is 53.9 Å². The molecule has 1 saturated heterocycles. The molecule has 3 aromatic rings. The molecule has 0 aromatic heterocycles. The average Bonchev–Trinajstić information content (AvgIpc) is 3.10. The number of nitrogen functional groups attached to an aromatic ring is 1. The molecule has 270 valence electrons. The summed E-state index contributed by atoms with van der Waals surface area (Å²) in [7, 11) is 0. The number of alkyl halides is 3. The van der Waals surface area contributed by atoms with Crippen molar-refractivity contribution in [2.75, 3.05) is 37.7 Å². The molecule has 4 rings (SSSR count). The maximum Gasteiger partial charge on any atom is 0.420 e. The fourth-order valence-corrected chi connectivity index (χ4v) is 5.49. The van der Waals surface area contributed by atoms with Gasteiger partial charge in [-0.05, 0) is 61.9 Å². The number of rotatable bonds is 12. The van der Waals surface area contributed by atoms with Crippen molar-refractivity contribution in [1.29, 1.82) is 5.41 Å². The highest BCUT2D eigenvalue weighted by molar-refractivity contribution is 6.10. The van der Waals surface area contributed by atoms with Crippen LogP contribution in [0.3, 0.4) is 0 Å². The number of nitrogens with one attached hydrogen (secondary N) is 1. The summed E-state index contributed by atoms with van der Waals surface area (Å²) in [5.74, 6) is -3.18. The number of likely N-dealkylation sites (tertiary alicyclic amines) is 1. The van der Waals surface area contributed by atoms with Crippen LogP contribution in [0.4, 0.5) is 18.9 Å². The molecule has 0 atom stereocenters. The predicted molar refractivity (Wildman–Crippen MR) is 184 cm³/mol. The van der Waals surface area contributed by atoms with Crippen LogP contribution in [0.2, 0.25) is 0 Å². The number of carbonyl (C=O) groups excluding carboxylic acids is 4. The third kappa shape index (κ3) is 9.74. The second-order valence-corrected chi connectivity index (χ2v) is 11.6. The number of halogens is 3. The van der Waals surface area contributed by atoms with Gasteiger partial charge in [0.25, 0.3) is 5.91 Å². The maximum absolute atomic E-state index is 14.5. The van der Waals surface area contributed by atoms with Crippen molar-refractivity contribution in [3.63, 3.8) is 0 Å². The Bertz CT molecular complexity index is 1820. The normalized spacial score (nSPS) is 13.5. The van der Waals surface area contributed by atoms with Crippen LogP contribution in [0.5, 0.6) is 5.75 Å². The van der Waals surface area contributed by atoms with E-state index in [0.717, 1.165) is 23.1 Å². The van der Waals surface area contributed by atoms with Crippen LogP contribution in [0, 0.1) is 5.41 Å². The second kappa shape index (κ2) is 16.8. The molecule has 11 nitrogen and oxygen atoms in total. The summed E-state index contributed by atoms with van der Waals surface area (Å²) in [6.45, 7) is 5.07. The van der Waals surface area contributed by atoms with Gasteiger partial charge >= 0.3 is 18.1 Å². The summed E-state index contributed by atoms with van der Waals surface area (Å²) in [5, 5.41) is 7.70. The van der Waals surface area contributed by atoms with Crippen LogP contribution in [0.15, 0.2) is 66.7 Å². The lowest BCUT2D eigenvalue weighted by molar-refractivity contribution is -0.139. The first-order valence-electron chi connectivity index (χ1n) is 16.3. The quantitative estimate of drug-likeness (QED) is 0.130. The van der Waals surface area contributed by atoms with Crippen molar-refractivity contribution in [3.8, 4) is 5.75 Å². The molecular weight excluding hydrogens is 669 g/mol. The first-order chi connectivity index (χ1) is 24.2. The Morgan fingerprint density at radius 3 is 2.20 bits per heavy atom. The number of esters is 2. The zero-order chi connectivity index (χ0) is 37.3. The lowest BCUT2D eigenvalue weighted by Gasteiger charge is -2.32. The van der Waals surface area contributed by atoms with E-state index in [0.29, 0.717) is 37.1 Å². The van der Waals surface area contributed by atoms with Crippen LogP contribution < -0.4 is 15.4 Å². The van der Waals surface area contributed by atoms with Crippen LogP contribution in [-0.2, 0) is 20.4 Å².